The first-order valence-electron chi connectivity index (χ1n) is 7.98. The largest absolute Gasteiger partial charge is 0.409 e. The lowest BCUT2D eigenvalue weighted by Gasteiger charge is -2.30. The Hall–Kier alpha value is -1.30. The van der Waals surface area contributed by atoms with E-state index in [9.17, 15) is 4.79 Å². The van der Waals surface area contributed by atoms with E-state index in [2.05, 4.69) is 10.5 Å². The summed E-state index contributed by atoms with van der Waals surface area (Å²) in [4.78, 5) is 12.6. The molecule has 1 saturated heterocycles. The van der Waals surface area contributed by atoms with Crippen molar-refractivity contribution in [1.82, 2.24) is 5.32 Å². The van der Waals surface area contributed by atoms with Gasteiger partial charge in [0.25, 0.3) is 0 Å². The third-order valence-electron chi connectivity index (χ3n) is 4.16. The van der Waals surface area contributed by atoms with Gasteiger partial charge in [-0.2, -0.15) is 0 Å². The van der Waals surface area contributed by atoms with Crippen molar-refractivity contribution in [2.45, 2.75) is 64.9 Å². The predicted octanol–water partition coefficient (Wildman–Crippen LogP) is 2.00. The van der Waals surface area contributed by atoms with Crippen LogP contribution in [-0.4, -0.2) is 36.2 Å². The Bertz CT molecular complexity index is 346. The number of ether oxygens (including phenoxy) is 1. The first kappa shape index (κ1) is 17.8. The van der Waals surface area contributed by atoms with Crippen LogP contribution in [0.2, 0.25) is 0 Å². The molecule has 0 aliphatic carbocycles. The summed E-state index contributed by atoms with van der Waals surface area (Å²) in [6, 6.07) is 0. The van der Waals surface area contributed by atoms with Crippen LogP contribution in [0.15, 0.2) is 5.16 Å². The van der Waals surface area contributed by atoms with E-state index in [0.29, 0.717) is 19.4 Å². The molecule has 122 valence electrons. The Kier molecular flexibility index (Phi) is 7.50. The number of carbonyl (C=O) groups excluding carboxylic acids is 1. The van der Waals surface area contributed by atoms with Crippen LogP contribution in [0.4, 0.5) is 0 Å². The molecule has 1 fully saturated rings. The van der Waals surface area contributed by atoms with Crippen molar-refractivity contribution in [2.24, 2.45) is 16.3 Å². The van der Waals surface area contributed by atoms with Crippen molar-refractivity contribution in [3.8, 4) is 0 Å². The number of rotatable bonds is 9. The zero-order valence-corrected chi connectivity index (χ0v) is 13.2. The number of amidine groups is 1. The molecule has 1 rings (SSSR count). The minimum absolute atomic E-state index is 0.0146. The third kappa shape index (κ3) is 4.59. The maximum Gasteiger partial charge on any atom is 0.233 e. The quantitative estimate of drug-likeness (QED) is 0.262. The molecule has 0 aromatic heterocycles. The highest BCUT2D eigenvalue weighted by Gasteiger charge is 2.41. The summed E-state index contributed by atoms with van der Waals surface area (Å²) < 4.78 is 5.54. The van der Waals surface area contributed by atoms with Crippen molar-refractivity contribution in [3.63, 3.8) is 0 Å². The fraction of sp³-hybridized carbons (Fsp3) is 0.867. The number of amides is 1. The van der Waals surface area contributed by atoms with Crippen molar-refractivity contribution in [2.75, 3.05) is 13.2 Å². The van der Waals surface area contributed by atoms with Gasteiger partial charge in [0.15, 0.2) is 5.84 Å². The first-order valence-corrected chi connectivity index (χ1v) is 7.98. The number of oxime groups is 1. The first-order chi connectivity index (χ1) is 10.1. The van der Waals surface area contributed by atoms with Crippen molar-refractivity contribution in [3.05, 3.63) is 0 Å². The molecule has 6 heteroatoms. The molecule has 1 aliphatic heterocycles. The van der Waals surface area contributed by atoms with E-state index in [1.54, 1.807) is 0 Å². The molecule has 0 spiro atoms. The van der Waals surface area contributed by atoms with Crippen LogP contribution in [0.25, 0.3) is 0 Å². The maximum absolute atomic E-state index is 12.6. The third-order valence-corrected chi connectivity index (χ3v) is 4.16. The van der Waals surface area contributed by atoms with E-state index < -0.39 is 5.41 Å². The molecule has 1 amide bonds. The lowest BCUT2D eigenvalue weighted by molar-refractivity contribution is -0.128. The number of hydrogen-bond acceptors (Lipinski definition) is 4. The Morgan fingerprint density at radius 3 is 2.57 bits per heavy atom. The van der Waals surface area contributed by atoms with Crippen LogP contribution in [0.5, 0.6) is 0 Å². The highest BCUT2D eigenvalue weighted by molar-refractivity contribution is 6.06. The maximum atomic E-state index is 12.6. The van der Waals surface area contributed by atoms with E-state index in [1.165, 1.54) is 0 Å². The molecule has 0 aromatic carbocycles. The fourth-order valence-electron chi connectivity index (χ4n) is 3.06. The zero-order valence-electron chi connectivity index (χ0n) is 13.2. The number of nitrogens with one attached hydrogen (secondary N) is 1. The summed E-state index contributed by atoms with van der Waals surface area (Å²) in [6.45, 7) is 5.37. The number of nitrogens with zero attached hydrogens (tertiary/aromatic N) is 1. The normalized spacial score (nSPS) is 19.7. The van der Waals surface area contributed by atoms with Gasteiger partial charge in [0.2, 0.25) is 5.91 Å². The van der Waals surface area contributed by atoms with E-state index in [4.69, 9.17) is 15.7 Å². The average molecular weight is 299 g/mol. The Balaban J connectivity index is 2.64. The lowest BCUT2D eigenvalue weighted by Crippen LogP contribution is -2.50. The van der Waals surface area contributed by atoms with E-state index >= 15 is 0 Å². The zero-order chi connectivity index (χ0) is 15.7. The topological polar surface area (TPSA) is 96.9 Å². The molecular formula is C15H29N3O3. The van der Waals surface area contributed by atoms with Gasteiger partial charge < -0.3 is 21.0 Å². The summed E-state index contributed by atoms with van der Waals surface area (Å²) >= 11 is 0. The fourth-order valence-corrected chi connectivity index (χ4v) is 3.06. The minimum atomic E-state index is -0.894. The van der Waals surface area contributed by atoms with Crippen LogP contribution in [0.1, 0.15) is 58.8 Å². The van der Waals surface area contributed by atoms with E-state index in [-0.39, 0.29) is 17.8 Å². The van der Waals surface area contributed by atoms with Gasteiger partial charge in [-0.25, -0.2) is 0 Å². The number of hydrogen-bond donors (Lipinski definition) is 3. The molecule has 0 aromatic rings. The van der Waals surface area contributed by atoms with Crippen molar-refractivity contribution >= 4 is 11.7 Å². The highest BCUT2D eigenvalue weighted by Crippen LogP contribution is 2.30. The Morgan fingerprint density at radius 1 is 1.43 bits per heavy atom. The predicted molar refractivity (Wildman–Crippen MR) is 82.3 cm³/mol. The number of nitrogens with two attached hydrogens (primary N) is 1. The minimum Gasteiger partial charge on any atom is -0.409 e. The van der Waals surface area contributed by atoms with E-state index in [0.717, 1.165) is 38.7 Å². The molecule has 1 aliphatic rings. The summed E-state index contributed by atoms with van der Waals surface area (Å²) in [6.07, 6.45) is 6.00. The molecule has 0 radical (unpaired) electrons. The standard InChI is InChI=1S/C15H29N3O3/c1-3-8-15(9-4-2,13(16)18-20)14(19)17-10-7-12-6-5-11-21-12/h12,20H,3-11H2,1-2H3,(H2,16,18)(H,17,19). The monoisotopic (exact) mass is 299 g/mol. The smallest absolute Gasteiger partial charge is 0.233 e. The molecule has 1 atom stereocenters. The molecule has 0 saturated carbocycles. The Morgan fingerprint density at radius 2 is 2.10 bits per heavy atom. The SMILES string of the molecule is CCCC(CCC)(C(=O)NCCC1CCCO1)C(N)=NO. The average Bonchev–Trinajstić information content (AvgIpc) is 2.99. The van der Waals surface area contributed by atoms with Gasteiger partial charge >= 0.3 is 0 Å². The second-order valence-corrected chi connectivity index (χ2v) is 5.75. The molecule has 0 bridgehead atoms. The van der Waals surface area contributed by atoms with Crippen molar-refractivity contribution < 1.29 is 14.7 Å². The summed E-state index contributed by atoms with van der Waals surface area (Å²) in [5.41, 5.74) is 4.94. The van der Waals surface area contributed by atoms with Crippen molar-refractivity contribution in [1.29, 1.82) is 0 Å². The van der Waals surface area contributed by atoms with Crippen LogP contribution in [0, 0.1) is 5.41 Å². The highest BCUT2D eigenvalue weighted by atomic mass is 16.5. The summed E-state index contributed by atoms with van der Waals surface area (Å²) in [5.74, 6) is -0.125. The van der Waals surface area contributed by atoms with Crippen LogP contribution in [0.3, 0.4) is 0 Å². The summed E-state index contributed by atoms with van der Waals surface area (Å²) in [7, 11) is 0. The van der Waals surface area contributed by atoms with Gasteiger partial charge in [-0.15, -0.1) is 0 Å². The lowest BCUT2D eigenvalue weighted by atomic mass is 9.77. The van der Waals surface area contributed by atoms with Crippen LogP contribution < -0.4 is 11.1 Å². The molecular weight excluding hydrogens is 270 g/mol. The van der Waals surface area contributed by atoms with Gasteiger partial charge in [-0.1, -0.05) is 31.8 Å². The van der Waals surface area contributed by atoms with Crippen LogP contribution in [-0.2, 0) is 9.53 Å². The molecule has 1 heterocycles. The van der Waals surface area contributed by atoms with Gasteiger partial charge in [-0.3, -0.25) is 4.79 Å². The Labute approximate surface area is 127 Å². The van der Waals surface area contributed by atoms with Gasteiger partial charge in [0, 0.05) is 13.2 Å². The van der Waals surface area contributed by atoms with Gasteiger partial charge in [-0.05, 0) is 32.1 Å². The van der Waals surface area contributed by atoms with Gasteiger partial charge in [0.05, 0.1) is 6.10 Å². The molecule has 21 heavy (non-hydrogen) atoms. The van der Waals surface area contributed by atoms with Gasteiger partial charge in [0.1, 0.15) is 5.41 Å². The molecule has 6 nitrogen and oxygen atoms in total. The van der Waals surface area contributed by atoms with Crippen LogP contribution >= 0.6 is 0 Å². The molecule has 1 unspecified atom stereocenters. The molecule has 4 N–H and O–H groups in total. The number of carbonyl (C=O) groups is 1. The van der Waals surface area contributed by atoms with E-state index in [1.807, 2.05) is 13.8 Å². The second-order valence-electron chi connectivity index (χ2n) is 5.75. The summed E-state index contributed by atoms with van der Waals surface area (Å²) in [5, 5.41) is 15.1. The second kappa shape index (κ2) is 8.87.